The molecule has 0 saturated carbocycles. The molecule has 0 spiro atoms. The first-order valence-electron chi connectivity index (χ1n) is 7.02. The Morgan fingerprint density at radius 2 is 2.08 bits per heavy atom. The summed E-state index contributed by atoms with van der Waals surface area (Å²) in [7, 11) is 2.48. The van der Waals surface area contributed by atoms with Gasteiger partial charge in [-0.05, 0) is 12.1 Å². The number of anilines is 1. The molecule has 0 saturated heterocycles. The van der Waals surface area contributed by atoms with Gasteiger partial charge in [-0.3, -0.25) is 19.6 Å². The van der Waals surface area contributed by atoms with Crippen molar-refractivity contribution in [1.82, 2.24) is 9.78 Å². The van der Waals surface area contributed by atoms with Gasteiger partial charge in [0.05, 0.1) is 19.1 Å². The highest BCUT2D eigenvalue weighted by Gasteiger charge is 2.21. The Kier molecular flexibility index (Phi) is 5.88. The van der Waals surface area contributed by atoms with Gasteiger partial charge < -0.3 is 19.5 Å². The fourth-order valence-corrected chi connectivity index (χ4v) is 2.03. The van der Waals surface area contributed by atoms with Gasteiger partial charge in [-0.1, -0.05) is 0 Å². The summed E-state index contributed by atoms with van der Waals surface area (Å²) in [6.45, 7) is -3.35. The molecule has 1 heterocycles. The number of alkyl halides is 2. The summed E-state index contributed by atoms with van der Waals surface area (Å²) in [6.07, 6.45) is 1.05. The van der Waals surface area contributed by atoms with Gasteiger partial charge in [0, 0.05) is 11.8 Å². The van der Waals surface area contributed by atoms with Crippen molar-refractivity contribution in [2.75, 3.05) is 19.5 Å². The molecule has 0 fully saturated rings. The Bertz CT molecular complexity index is 811. The van der Waals surface area contributed by atoms with Crippen molar-refractivity contribution >= 4 is 17.3 Å². The molecule has 0 bridgehead atoms. The first-order chi connectivity index (χ1) is 12.3. The molecule has 1 aromatic carbocycles. The van der Waals surface area contributed by atoms with E-state index in [1.54, 1.807) is 0 Å². The van der Waals surface area contributed by atoms with Gasteiger partial charge in [-0.25, -0.2) is 0 Å². The first-order valence-corrected chi connectivity index (χ1v) is 7.02. The molecule has 12 heteroatoms. The summed E-state index contributed by atoms with van der Waals surface area (Å²) in [5, 5.41) is 17.1. The van der Waals surface area contributed by atoms with Crippen LogP contribution in [0.4, 0.5) is 20.2 Å². The second kappa shape index (κ2) is 8.09. The van der Waals surface area contributed by atoms with Crippen LogP contribution in [0.15, 0.2) is 24.4 Å². The van der Waals surface area contributed by atoms with E-state index in [0.29, 0.717) is 0 Å². The number of methoxy groups -OCH3 is 2. The lowest BCUT2D eigenvalue weighted by Gasteiger charge is -2.12. The molecule has 0 atom stereocenters. The topological polar surface area (TPSA) is 118 Å². The Labute approximate surface area is 145 Å². The minimum Gasteiger partial charge on any atom is -0.493 e. The molecule has 140 valence electrons. The number of carbonyl (C=O) groups excluding carboxylic acids is 1. The van der Waals surface area contributed by atoms with E-state index in [1.165, 1.54) is 32.4 Å². The van der Waals surface area contributed by atoms with Crippen LogP contribution in [0.1, 0.15) is 0 Å². The quantitative estimate of drug-likeness (QED) is 0.556. The number of hydrogen-bond acceptors (Lipinski definition) is 7. The molecule has 1 N–H and O–H groups in total. The maximum absolute atomic E-state index is 12.3. The van der Waals surface area contributed by atoms with Crippen molar-refractivity contribution in [1.29, 1.82) is 0 Å². The van der Waals surface area contributed by atoms with E-state index in [0.717, 1.165) is 10.9 Å². The fourth-order valence-electron chi connectivity index (χ4n) is 2.03. The maximum atomic E-state index is 12.3. The van der Waals surface area contributed by atoms with Crippen LogP contribution in [0.25, 0.3) is 0 Å². The molecule has 2 rings (SSSR count). The highest BCUT2D eigenvalue weighted by Crippen LogP contribution is 2.31. The zero-order chi connectivity index (χ0) is 19.3. The molecule has 1 aromatic heterocycles. The molecule has 26 heavy (non-hydrogen) atoms. The van der Waals surface area contributed by atoms with Crippen LogP contribution in [0, 0.1) is 10.1 Å². The number of hydrogen-bond donors (Lipinski definition) is 1. The van der Waals surface area contributed by atoms with E-state index in [9.17, 15) is 23.7 Å². The van der Waals surface area contributed by atoms with Gasteiger partial charge in [0.25, 0.3) is 0 Å². The van der Waals surface area contributed by atoms with Crippen LogP contribution in [0.5, 0.6) is 17.4 Å². The molecular formula is C14H14F2N4O6. The van der Waals surface area contributed by atoms with Gasteiger partial charge in [-0.15, -0.1) is 5.10 Å². The van der Waals surface area contributed by atoms with Crippen LogP contribution < -0.4 is 19.5 Å². The summed E-state index contributed by atoms with van der Waals surface area (Å²) < 4.78 is 39.6. The maximum Gasteiger partial charge on any atom is 0.387 e. The summed E-state index contributed by atoms with van der Waals surface area (Å²) >= 11 is 0. The Balaban J connectivity index is 2.09. The SMILES string of the molecule is COc1cc(NC(=O)Cn2cc([N+](=O)[O-])c(OC)n2)ccc1OC(F)F. The van der Waals surface area contributed by atoms with Crippen molar-refractivity contribution in [3.05, 3.63) is 34.5 Å². The lowest BCUT2D eigenvalue weighted by molar-refractivity contribution is -0.385. The Morgan fingerprint density at radius 1 is 1.35 bits per heavy atom. The number of amides is 1. The van der Waals surface area contributed by atoms with Gasteiger partial charge in [0.15, 0.2) is 11.5 Å². The number of halogens is 2. The first kappa shape index (κ1) is 18.9. The van der Waals surface area contributed by atoms with E-state index < -0.39 is 17.4 Å². The number of nitro groups is 1. The van der Waals surface area contributed by atoms with Crippen LogP contribution in [-0.2, 0) is 11.3 Å². The molecular weight excluding hydrogens is 358 g/mol. The third-order valence-corrected chi connectivity index (χ3v) is 3.07. The van der Waals surface area contributed by atoms with E-state index in [4.69, 9.17) is 9.47 Å². The van der Waals surface area contributed by atoms with Crippen molar-refractivity contribution < 1.29 is 32.7 Å². The second-order valence-electron chi connectivity index (χ2n) is 4.77. The number of ether oxygens (including phenoxy) is 3. The number of benzene rings is 1. The molecule has 1 amide bonds. The van der Waals surface area contributed by atoms with E-state index in [2.05, 4.69) is 15.2 Å². The van der Waals surface area contributed by atoms with Crippen LogP contribution >= 0.6 is 0 Å². The highest BCUT2D eigenvalue weighted by atomic mass is 19.3. The summed E-state index contributed by atoms with van der Waals surface area (Å²) in [5.74, 6) is -0.972. The molecule has 0 aliphatic heterocycles. The zero-order valence-corrected chi connectivity index (χ0v) is 13.6. The lowest BCUT2D eigenvalue weighted by atomic mass is 10.2. The molecule has 0 radical (unpaired) electrons. The average Bonchev–Trinajstić information content (AvgIpc) is 2.98. The van der Waals surface area contributed by atoms with Crippen LogP contribution in [0.2, 0.25) is 0 Å². The highest BCUT2D eigenvalue weighted by molar-refractivity contribution is 5.90. The summed E-state index contributed by atoms with van der Waals surface area (Å²) in [5.41, 5.74) is -0.127. The van der Waals surface area contributed by atoms with E-state index in [-0.39, 0.29) is 35.3 Å². The van der Waals surface area contributed by atoms with E-state index in [1.807, 2.05) is 0 Å². The summed E-state index contributed by atoms with van der Waals surface area (Å²) in [6, 6.07) is 3.84. The van der Waals surface area contributed by atoms with Crippen molar-refractivity contribution in [2.24, 2.45) is 0 Å². The van der Waals surface area contributed by atoms with Crippen molar-refractivity contribution in [2.45, 2.75) is 13.2 Å². The van der Waals surface area contributed by atoms with E-state index >= 15 is 0 Å². The molecule has 2 aromatic rings. The van der Waals surface area contributed by atoms with Gasteiger partial charge >= 0.3 is 18.2 Å². The molecule has 0 aliphatic carbocycles. The number of rotatable bonds is 8. The van der Waals surface area contributed by atoms with Crippen LogP contribution in [0.3, 0.4) is 0 Å². The average molecular weight is 372 g/mol. The number of carbonyl (C=O) groups is 1. The number of nitrogens with zero attached hydrogens (tertiary/aromatic N) is 3. The Hall–Kier alpha value is -3.44. The molecule has 0 unspecified atom stereocenters. The zero-order valence-electron chi connectivity index (χ0n) is 13.6. The van der Waals surface area contributed by atoms with Crippen molar-refractivity contribution in [3.63, 3.8) is 0 Å². The normalized spacial score (nSPS) is 10.5. The third-order valence-electron chi connectivity index (χ3n) is 3.07. The predicted octanol–water partition coefficient (Wildman–Crippen LogP) is 2.05. The Morgan fingerprint density at radius 3 is 2.62 bits per heavy atom. The predicted molar refractivity (Wildman–Crippen MR) is 83.7 cm³/mol. The standard InChI is InChI=1S/C14H14F2N4O6/c1-24-11-5-8(3-4-10(11)26-14(15)16)17-12(21)7-19-6-9(20(22)23)13(18-19)25-2/h3-6,14H,7H2,1-2H3,(H,17,21). The molecule has 10 nitrogen and oxygen atoms in total. The minimum absolute atomic E-state index is 0.000466. The van der Waals surface area contributed by atoms with Gasteiger partial charge in [0.1, 0.15) is 12.7 Å². The lowest BCUT2D eigenvalue weighted by Crippen LogP contribution is -2.19. The summed E-state index contributed by atoms with van der Waals surface area (Å²) in [4.78, 5) is 22.2. The van der Waals surface area contributed by atoms with Gasteiger partial charge in [-0.2, -0.15) is 8.78 Å². The smallest absolute Gasteiger partial charge is 0.387 e. The number of nitrogens with one attached hydrogen (secondary N) is 1. The van der Waals surface area contributed by atoms with Gasteiger partial charge in [0.2, 0.25) is 5.91 Å². The second-order valence-corrected chi connectivity index (χ2v) is 4.77. The largest absolute Gasteiger partial charge is 0.493 e. The number of aromatic nitrogens is 2. The van der Waals surface area contributed by atoms with Crippen molar-refractivity contribution in [3.8, 4) is 17.4 Å². The van der Waals surface area contributed by atoms with Crippen LogP contribution in [-0.4, -0.2) is 41.4 Å². The minimum atomic E-state index is -3.02. The third kappa shape index (κ3) is 4.55. The molecule has 0 aliphatic rings. The fraction of sp³-hybridized carbons (Fsp3) is 0.286. The monoisotopic (exact) mass is 372 g/mol.